The lowest BCUT2D eigenvalue weighted by Gasteiger charge is -2.35. The molecule has 4 aliphatic rings. The number of fused-ring (bicyclic) bond motifs is 2. The number of nitrogens with one attached hydrogen (secondary N) is 2. The monoisotopic (exact) mass is 471 g/mol. The number of carbonyl (C=O) groups is 1. The van der Waals surface area contributed by atoms with Gasteiger partial charge in [-0.1, -0.05) is 12.8 Å². The lowest BCUT2D eigenvalue weighted by Crippen LogP contribution is -2.48. The Morgan fingerprint density at radius 1 is 1.12 bits per heavy atom. The van der Waals surface area contributed by atoms with Gasteiger partial charge in [0.05, 0.1) is 5.41 Å². The molecule has 0 unspecified atom stereocenters. The second-order valence-corrected chi connectivity index (χ2v) is 11.9. The van der Waals surface area contributed by atoms with Crippen LogP contribution < -0.4 is 10.2 Å². The number of anilines is 2. The second-order valence-electron chi connectivity index (χ2n) is 10.1. The minimum atomic E-state index is -3.60. The first-order valence-corrected chi connectivity index (χ1v) is 13.3. The second kappa shape index (κ2) is 7.23. The molecule has 2 N–H and O–H groups in total. The van der Waals surface area contributed by atoms with Crippen LogP contribution >= 0.6 is 0 Å². The van der Waals surface area contributed by atoms with Gasteiger partial charge < -0.3 is 10.3 Å². The fraction of sp³-hybridized carbons (Fsp3) is 0.636. The number of aromatic amines is 1. The average Bonchev–Trinajstić information content (AvgIpc) is 3.11. The molecule has 3 fully saturated rings. The fourth-order valence-corrected chi connectivity index (χ4v) is 7.13. The number of H-pyrrole nitrogens is 1. The van der Waals surface area contributed by atoms with Crippen molar-refractivity contribution in [2.75, 3.05) is 23.3 Å². The summed E-state index contributed by atoms with van der Waals surface area (Å²) in [6, 6.07) is 0.0635. The Morgan fingerprint density at radius 2 is 1.85 bits per heavy atom. The van der Waals surface area contributed by atoms with E-state index in [1.54, 1.807) is 0 Å². The summed E-state index contributed by atoms with van der Waals surface area (Å²) < 4.78 is 26.8. The van der Waals surface area contributed by atoms with Gasteiger partial charge in [-0.2, -0.15) is 9.29 Å². The molecule has 0 radical (unpaired) electrons. The first-order chi connectivity index (χ1) is 15.8. The molecule has 2 aromatic heterocycles. The van der Waals surface area contributed by atoms with Gasteiger partial charge in [0.25, 0.3) is 10.0 Å². The van der Waals surface area contributed by atoms with Gasteiger partial charge in [-0.15, -0.1) is 0 Å². The summed E-state index contributed by atoms with van der Waals surface area (Å²) in [5.74, 6) is 1.49. The normalized spacial score (nSPS) is 24.4. The Morgan fingerprint density at radius 3 is 2.48 bits per heavy atom. The first-order valence-electron chi connectivity index (χ1n) is 11.8. The summed E-state index contributed by atoms with van der Waals surface area (Å²) in [4.78, 5) is 31.4. The number of imidazole rings is 1. The third-order valence-electron chi connectivity index (χ3n) is 7.92. The Bertz CT molecular complexity index is 1180. The largest absolute Gasteiger partial charge is 0.351 e. The number of aromatic nitrogens is 4. The van der Waals surface area contributed by atoms with Crippen LogP contribution in [-0.4, -0.2) is 63.2 Å². The van der Waals surface area contributed by atoms with Gasteiger partial charge in [0.2, 0.25) is 17.0 Å². The van der Waals surface area contributed by atoms with Crippen LogP contribution in [0.15, 0.2) is 23.7 Å². The van der Waals surface area contributed by atoms with Crippen LogP contribution in [0.1, 0.15) is 63.9 Å². The minimum absolute atomic E-state index is 0.0185. The SMILES string of the molecule is CC1(N2C(=O)C3(CC3)c3cnc(NC4CCN(S(=O)(=O)c5ncc[nH]5)CC4)nc32)CCCC1. The number of sulfonamides is 1. The van der Waals surface area contributed by atoms with Crippen molar-refractivity contribution in [3.8, 4) is 0 Å². The van der Waals surface area contributed by atoms with Crippen LogP contribution in [0.5, 0.6) is 0 Å². The van der Waals surface area contributed by atoms with Crippen molar-refractivity contribution in [1.82, 2.24) is 24.2 Å². The molecule has 2 aromatic rings. The number of rotatable bonds is 5. The summed E-state index contributed by atoms with van der Waals surface area (Å²) in [6.07, 6.45) is 12.1. The highest BCUT2D eigenvalue weighted by Gasteiger charge is 2.63. The molecule has 6 rings (SSSR count). The number of carbonyl (C=O) groups excluding carboxylic acids is 1. The third-order valence-corrected chi connectivity index (χ3v) is 9.68. The summed E-state index contributed by atoms with van der Waals surface area (Å²) in [5, 5.41) is 3.38. The number of piperidine rings is 1. The van der Waals surface area contributed by atoms with Crippen LogP contribution in [0.25, 0.3) is 0 Å². The van der Waals surface area contributed by atoms with Crippen LogP contribution in [0, 0.1) is 0 Å². The van der Waals surface area contributed by atoms with E-state index in [-0.39, 0.29) is 22.6 Å². The molecule has 2 aliphatic carbocycles. The van der Waals surface area contributed by atoms with Gasteiger partial charge in [0.1, 0.15) is 5.82 Å². The number of amides is 1. The van der Waals surface area contributed by atoms with Crippen LogP contribution in [-0.2, 0) is 20.2 Å². The predicted molar refractivity (Wildman–Crippen MR) is 121 cm³/mol. The topological polar surface area (TPSA) is 124 Å². The van der Waals surface area contributed by atoms with Gasteiger partial charge in [0.15, 0.2) is 0 Å². The van der Waals surface area contributed by atoms with Gasteiger partial charge in [-0.05, 0) is 45.4 Å². The van der Waals surface area contributed by atoms with E-state index >= 15 is 0 Å². The first kappa shape index (κ1) is 21.0. The molecule has 1 amide bonds. The molecule has 176 valence electrons. The van der Waals surface area contributed by atoms with E-state index in [0.717, 1.165) is 49.9 Å². The van der Waals surface area contributed by atoms with E-state index < -0.39 is 15.4 Å². The quantitative estimate of drug-likeness (QED) is 0.685. The molecule has 2 aliphatic heterocycles. The molecule has 1 saturated heterocycles. The van der Waals surface area contributed by atoms with Crippen molar-refractivity contribution in [1.29, 1.82) is 0 Å². The van der Waals surface area contributed by atoms with E-state index in [9.17, 15) is 13.2 Å². The summed E-state index contributed by atoms with van der Waals surface area (Å²) in [5.41, 5.74) is 0.408. The molecule has 0 bridgehead atoms. The molecule has 11 heteroatoms. The molecule has 10 nitrogen and oxygen atoms in total. The Hall–Kier alpha value is -2.53. The van der Waals surface area contributed by atoms with E-state index in [1.165, 1.54) is 16.7 Å². The van der Waals surface area contributed by atoms with E-state index in [0.29, 0.717) is 31.9 Å². The van der Waals surface area contributed by atoms with Crippen molar-refractivity contribution in [3.05, 3.63) is 24.2 Å². The Kier molecular flexibility index (Phi) is 4.61. The van der Waals surface area contributed by atoms with Crippen molar-refractivity contribution in [2.45, 2.75) is 80.4 Å². The van der Waals surface area contributed by atoms with Gasteiger partial charge in [-0.25, -0.2) is 18.4 Å². The highest BCUT2D eigenvalue weighted by molar-refractivity contribution is 7.88. The number of nitrogens with zero attached hydrogens (tertiary/aromatic N) is 5. The zero-order valence-corrected chi connectivity index (χ0v) is 19.6. The standard InChI is InChI=1S/C22H29N7O3S/c1-21(6-2-3-7-21)29-17-16(22(8-9-22)18(29)30)14-25-19(27-17)26-15-4-12-28(13-5-15)33(31,32)20-23-10-11-24-20/h10-11,14-15H,2-9,12-13H2,1H3,(H,23,24)(H,25,26,27). The van der Waals surface area contributed by atoms with Crippen LogP contribution in [0.2, 0.25) is 0 Å². The zero-order chi connectivity index (χ0) is 22.8. The van der Waals surface area contributed by atoms with Gasteiger partial charge in [0, 0.05) is 48.8 Å². The van der Waals surface area contributed by atoms with E-state index in [2.05, 4.69) is 27.2 Å². The Balaban J connectivity index is 1.19. The van der Waals surface area contributed by atoms with E-state index in [1.807, 2.05) is 11.1 Å². The molecule has 1 spiro atoms. The van der Waals surface area contributed by atoms with E-state index in [4.69, 9.17) is 4.98 Å². The van der Waals surface area contributed by atoms with Gasteiger partial charge in [-0.3, -0.25) is 9.69 Å². The molecule has 0 aromatic carbocycles. The fourth-order valence-electron chi connectivity index (χ4n) is 5.78. The average molecular weight is 472 g/mol. The maximum absolute atomic E-state index is 13.4. The van der Waals surface area contributed by atoms with Gasteiger partial charge >= 0.3 is 0 Å². The lowest BCUT2D eigenvalue weighted by molar-refractivity contribution is -0.121. The predicted octanol–water partition coefficient (Wildman–Crippen LogP) is 2.18. The zero-order valence-electron chi connectivity index (χ0n) is 18.7. The molecular formula is C22H29N7O3S. The Labute approximate surface area is 193 Å². The number of hydrogen-bond acceptors (Lipinski definition) is 7. The smallest absolute Gasteiger partial charge is 0.276 e. The van der Waals surface area contributed by atoms with Crippen LogP contribution in [0.3, 0.4) is 0 Å². The highest BCUT2D eigenvalue weighted by Crippen LogP contribution is 2.59. The summed E-state index contributed by atoms with van der Waals surface area (Å²) >= 11 is 0. The maximum Gasteiger partial charge on any atom is 0.276 e. The summed E-state index contributed by atoms with van der Waals surface area (Å²) in [7, 11) is -3.60. The number of hydrogen-bond donors (Lipinski definition) is 2. The van der Waals surface area contributed by atoms with Crippen molar-refractivity contribution in [2.24, 2.45) is 0 Å². The van der Waals surface area contributed by atoms with Crippen molar-refractivity contribution in [3.63, 3.8) is 0 Å². The third kappa shape index (κ3) is 3.19. The minimum Gasteiger partial charge on any atom is -0.351 e. The molecule has 2 saturated carbocycles. The molecular weight excluding hydrogens is 442 g/mol. The lowest BCUT2D eigenvalue weighted by atomic mass is 9.97. The van der Waals surface area contributed by atoms with Crippen LogP contribution in [0.4, 0.5) is 11.8 Å². The highest BCUT2D eigenvalue weighted by atomic mass is 32.2. The maximum atomic E-state index is 13.4. The summed E-state index contributed by atoms with van der Waals surface area (Å²) in [6.45, 7) is 2.99. The van der Waals surface area contributed by atoms with Crippen molar-refractivity contribution >= 4 is 27.7 Å². The van der Waals surface area contributed by atoms with Crippen molar-refractivity contribution < 1.29 is 13.2 Å². The molecule has 33 heavy (non-hydrogen) atoms. The molecule has 0 atom stereocenters. The molecule has 4 heterocycles.